The van der Waals surface area contributed by atoms with Gasteiger partial charge in [-0.05, 0) is 62.1 Å². The van der Waals surface area contributed by atoms with Gasteiger partial charge < -0.3 is 19.5 Å². The van der Waals surface area contributed by atoms with Crippen LogP contribution in [0.5, 0.6) is 11.5 Å². The van der Waals surface area contributed by atoms with Crippen LogP contribution in [0, 0.1) is 0 Å². The number of benzene rings is 2. The molecule has 3 rings (SSSR count). The van der Waals surface area contributed by atoms with Crippen LogP contribution >= 0.6 is 0 Å². The van der Waals surface area contributed by atoms with Gasteiger partial charge in [-0.3, -0.25) is 0 Å². The van der Waals surface area contributed by atoms with Crippen molar-refractivity contribution in [2.75, 3.05) is 27.3 Å². The molecule has 0 spiro atoms. The first-order valence-electron chi connectivity index (χ1n) is 9.37. The van der Waals surface area contributed by atoms with E-state index in [1.54, 1.807) is 7.11 Å². The van der Waals surface area contributed by atoms with E-state index in [4.69, 9.17) is 9.47 Å². The van der Waals surface area contributed by atoms with Crippen LogP contribution in [-0.2, 0) is 12.8 Å². The number of aliphatic hydroxyl groups excluding tert-OH is 1. The second kappa shape index (κ2) is 9.06. The number of nitrogens with zero attached hydrogens (tertiary/aromatic N) is 1. The zero-order valence-electron chi connectivity index (χ0n) is 15.7. The standard InChI is InChI=1S/C22H29NO3/c1-23-16-20(24)15-19(23)12-13-26-22-9-4-3-7-18(22)11-10-17-6-5-8-21(14-17)25-2/h3-9,14,19-20,24H,10-13,15-16H2,1-2H3/t19-,20-/m1/s1. The van der Waals surface area contributed by atoms with E-state index in [1.807, 2.05) is 24.3 Å². The molecule has 1 N–H and O–H groups in total. The highest BCUT2D eigenvalue weighted by atomic mass is 16.5. The van der Waals surface area contributed by atoms with Crippen molar-refractivity contribution >= 4 is 0 Å². The number of hydrogen-bond acceptors (Lipinski definition) is 4. The minimum absolute atomic E-state index is 0.194. The van der Waals surface area contributed by atoms with E-state index in [-0.39, 0.29) is 6.10 Å². The van der Waals surface area contributed by atoms with E-state index in [0.717, 1.165) is 43.7 Å². The number of hydrogen-bond donors (Lipinski definition) is 1. The van der Waals surface area contributed by atoms with Gasteiger partial charge in [0.25, 0.3) is 0 Å². The molecule has 1 aliphatic heterocycles. The highest BCUT2D eigenvalue weighted by Gasteiger charge is 2.27. The topological polar surface area (TPSA) is 41.9 Å². The van der Waals surface area contributed by atoms with Gasteiger partial charge in [0.1, 0.15) is 11.5 Å². The Labute approximate surface area is 156 Å². The highest BCUT2D eigenvalue weighted by molar-refractivity contribution is 5.35. The van der Waals surface area contributed by atoms with Crippen molar-refractivity contribution in [2.24, 2.45) is 0 Å². The fourth-order valence-corrected chi connectivity index (χ4v) is 3.65. The molecule has 0 radical (unpaired) electrons. The van der Waals surface area contributed by atoms with Gasteiger partial charge in [0.2, 0.25) is 0 Å². The molecule has 0 saturated carbocycles. The maximum Gasteiger partial charge on any atom is 0.122 e. The summed E-state index contributed by atoms with van der Waals surface area (Å²) in [7, 11) is 3.77. The third kappa shape index (κ3) is 4.99. The van der Waals surface area contributed by atoms with Gasteiger partial charge in [-0.25, -0.2) is 0 Å². The molecule has 2 aromatic carbocycles. The van der Waals surface area contributed by atoms with E-state index >= 15 is 0 Å². The number of rotatable bonds is 8. The molecule has 0 bridgehead atoms. The van der Waals surface area contributed by atoms with Crippen molar-refractivity contribution < 1.29 is 14.6 Å². The largest absolute Gasteiger partial charge is 0.497 e. The zero-order chi connectivity index (χ0) is 18.4. The molecule has 1 saturated heterocycles. The Morgan fingerprint density at radius 2 is 1.96 bits per heavy atom. The Morgan fingerprint density at radius 1 is 1.12 bits per heavy atom. The van der Waals surface area contributed by atoms with Gasteiger partial charge in [-0.1, -0.05) is 30.3 Å². The van der Waals surface area contributed by atoms with Crippen LogP contribution < -0.4 is 9.47 Å². The lowest BCUT2D eigenvalue weighted by Gasteiger charge is -2.19. The third-order valence-electron chi connectivity index (χ3n) is 5.16. The maximum absolute atomic E-state index is 9.75. The van der Waals surface area contributed by atoms with Crippen LogP contribution in [0.4, 0.5) is 0 Å². The summed E-state index contributed by atoms with van der Waals surface area (Å²) in [5.41, 5.74) is 2.50. The summed E-state index contributed by atoms with van der Waals surface area (Å²) < 4.78 is 11.4. The number of likely N-dealkylation sites (tertiary alicyclic amines) is 1. The molecule has 2 atom stereocenters. The minimum atomic E-state index is -0.194. The monoisotopic (exact) mass is 355 g/mol. The molecule has 0 aliphatic carbocycles. The summed E-state index contributed by atoms with van der Waals surface area (Å²) >= 11 is 0. The van der Waals surface area contributed by atoms with E-state index in [2.05, 4.69) is 36.2 Å². The van der Waals surface area contributed by atoms with Gasteiger partial charge in [-0.2, -0.15) is 0 Å². The molecule has 140 valence electrons. The van der Waals surface area contributed by atoms with Crippen LogP contribution in [0.3, 0.4) is 0 Å². The van der Waals surface area contributed by atoms with Crippen LogP contribution in [0.25, 0.3) is 0 Å². The lowest BCUT2D eigenvalue weighted by molar-refractivity contribution is 0.182. The molecule has 1 heterocycles. The molecule has 1 fully saturated rings. The SMILES string of the molecule is COc1cccc(CCc2ccccc2OCC[C@@H]2C[C@@H](O)CN2C)c1. The molecule has 1 aliphatic rings. The predicted octanol–water partition coefficient (Wildman–Crippen LogP) is 3.31. The summed E-state index contributed by atoms with van der Waals surface area (Å²) in [4.78, 5) is 2.22. The first-order chi connectivity index (χ1) is 12.7. The molecule has 0 aromatic heterocycles. The second-order valence-corrected chi connectivity index (χ2v) is 7.08. The minimum Gasteiger partial charge on any atom is -0.497 e. The lowest BCUT2D eigenvalue weighted by atomic mass is 10.0. The first-order valence-corrected chi connectivity index (χ1v) is 9.37. The smallest absolute Gasteiger partial charge is 0.122 e. The van der Waals surface area contributed by atoms with Crippen LogP contribution in [-0.4, -0.2) is 49.5 Å². The number of ether oxygens (including phenoxy) is 2. The van der Waals surface area contributed by atoms with Crippen molar-refractivity contribution in [1.29, 1.82) is 0 Å². The molecular weight excluding hydrogens is 326 g/mol. The Kier molecular flexibility index (Phi) is 6.53. The average molecular weight is 355 g/mol. The lowest BCUT2D eigenvalue weighted by Crippen LogP contribution is -2.26. The van der Waals surface area contributed by atoms with E-state index in [9.17, 15) is 5.11 Å². The molecule has 0 unspecified atom stereocenters. The van der Waals surface area contributed by atoms with Crippen LogP contribution in [0.2, 0.25) is 0 Å². The van der Waals surface area contributed by atoms with Gasteiger partial charge in [0.05, 0.1) is 19.8 Å². The molecule has 0 amide bonds. The first kappa shape index (κ1) is 18.7. The quantitative estimate of drug-likeness (QED) is 0.789. The zero-order valence-corrected chi connectivity index (χ0v) is 15.7. The van der Waals surface area contributed by atoms with Crippen molar-refractivity contribution in [2.45, 2.75) is 37.8 Å². The number of β-amino-alcohol motifs (C(OH)–C–C–N with tert-alkyl or cyclic N) is 1. The normalized spacial score (nSPS) is 20.3. The molecule has 4 nitrogen and oxygen atoms in total. The fourth-order valence-electron chi connectivity index (χ4n) is 3.65. The molecule has 2 aromatic rings. The molecular formula is C22H29NO3. The van der Waals surface area contributed by atoms with Crippen LogP contribution in [0.15, 0.2) is 48.5 Å². The van der Waals surface area contributed by atoms with Crippen molar-refractivity contribution in [3.05, 3.63) is 59.7 Å². The van der Waals surface area contributed by atoms with Gasteiger partial charge in [0, 0.05) is 12.6 Å². The summed E-state index contributed by atoms with van der Waals surface area (Å²) in [5, 5.41) is 9.75. The number of methoxy groups -OCH3 is 1. The molecule has 26 heavy (non-hydrogen) atoms. The number of para-hydroxylation sites is 1. The van der Waals surface area contributed by atoms with E-state index in [1.165, 1.54) is 11.1 Å². The average Bonchev–Trinajstić information content (AvgIpc) is 2.98. The van der Waals surface area contributed by atoms with E-state index in [0.29, 0.717) is 12.6 Å². The summed E-state index contributed by atoms with van der Waals surface area (Å²) in [6.45, 7) is 1.44. The van der Waals surface area contributed by atoms with Crippen molar-refractivity contribution in [3.63, 3.8) is 0 Å². The highest BCUT2D eigenvalue weighted by Crippen LogP contribution is 2.23. The number of likely N-dealkylation sites (N-methyl/N-ethyl adjacent to an activating group) is 1. The van der Waals surface area contributed by atoms with Crippen molar-refractivity contribution in [3.8, 4) is 11.5 Å². The summed E-state index contributed by atoms with van der Waals surface area (Å²) in [6.07, 6.45) is 3.48. The second-order valence-electron chi connectivity index (χ2n) is 7.08. The third-order valence-corrected chi connectivity index (χ3v) is 5.16. The molecule has 4 heteroatoms. The van der Waals surface area contributed by atoms with Gasteiger partial charge in [-0.15, -0.1) is 0 Å². The fraction of sp³-hybridized carbons (Fsp3) is 0.455. The van der Waals surface area contributed by atoms with Gasteiger partial charge in [0.15, 0.2) is 0 Å². The summed E-state index contributed by atoms with van der Waals surface area (Å²) in [5.74, 6) is 1.87. The Bertz CT molecular complexity index is 703. The number of aryl methyl sites for hydroxylation is 2. The van der Waals surface area contributed by atoms with E-state index < -0.39 is 0 Å². The Balaban J connectivity index is 1.54. The van der Waals surface area contributed by atoms with Crippen molar-refractivity contribution in [1.82, 2.24) is 4.90 Å². The maximum atomic E-state index is 9.75. The van der Waals surface area contributed by atoms with Gasteiger partial charge >= 0.3 is 0 Å². The van der Waals surface area contributed by atoms with Crippen LogP contribution in [0.1, 0.15) is 24.0 Å². The number of aliphatic hydroxyl groups is 1. The Morgan fingerprint density at radius 3 is 2.73 bits per heavy atom. The predicted molar refractivity (Wildman–Crippen MR) is 104 cm³/mol. The Hall–Kier alpha value is -2.04. The summed E-state index contributed by atoms with van der Waals surface area (Å²) in [6, 6.07) is 16.9.